The van der Waals surface area contributed by atoms with Gasteiger partial charge in [-0.05, 0) is 18.8 Å². The minimum absolute atomic E-state index is 0.0544. The Bertz CT molecular complexity index is 612. The van der Waals surface area contributed by atoms with Gasteiger partial charge in [-0.2, -0.15) is 0 Å². The van der Waals surface area contributed by atoms with E-state index in [1.54, 1.807) is 0 Å². The zero-order valence-electron chi connectivity index (χ0n) is 12.7. The van der Waals surface area contributed by atoms with E-state index in [9.17, 15) is 13.2 Å². The minimum atomic E-state index is -3.11. The molecule has 0 aliphatic rings. The first-order valence-electron chi connectivity index (χ1n) is 6.93. The Morgan fingerprint density at radius 3 is 2.25 bits per heavy atom. The quantitative estimate of drug-likeness (QED) is 0.810. The Morgan fingerprint density at radius 1 is 1.20 bits per heavy atom. The summed E-state index contributed by atoms with van der Waals surface area (Å²) in [6, 6.07) is 0. The molecule has 0 aliphatic carbocycles. The van der Waals surface area contributed by atoms with Gasteiger partial charge in [0, 0.05) is 12.8 Å². The number of sulfone groups is 1. The summed E-state index contributed by atoms with van der Waals surface area (Å²) in [5.74, 6) is 0.326. The van der Waals surface area contributed by atoms with Crippen LogP contribution in [0.3, 0.4) is 0 Å². The maximum Gasteiger partial charge on any atom is 0.290 e. The van der Waals surface area contributed by atoms with Crippen LogP contribution >= 0.6 is 0 Å². The van der Waals surface area contributed by atoms with E-state index in [0.29, 0.717) is 18.9 Å². The number of anilines is 1. The average molecular weight is 303 g/mol. The minimum Gasteiger partial charge on any atom is -0.393 e. The van der Waals surface area contributed by atoms with Gasteiger partial charge < -0.3 is 5.73 Å². The number of aromatic nitrogens is 2. The molecule has 0 saturated heterocycles. The van der Waals surface area contributed by atoms with E-state index in [1.165, 1.54) is 10.9 Å². The average Bonchev–Trinajstić information content (AvgIpc) is 2.51. The molecule has 6 nitrogen and oxygen atoms in total. The predicted octanol–water partition coefficient (Wildman–Crippen LogP) is 0.885. The summed E-state index contributed by atoms with van der Waals surface area (Å²) < 4.78 is 25.9. The molecule has 116 valence electrons. The van der Waals surface area contributed by atoms with E-state index in [0.717, 1.165) is 12.1 Å². The highest BCUT2D eigenvalue weighted by atomic mass is 32.2. The lowest BCUT2D eigenvalue weighted by Gasteiger charge is -2.15. The second kappa shape index (κ2) is 6.47. The lowest BCUT2D eigenvalue weighted by Crippen LogP contribution is -2.27. The van der Waals surface area contributed by atoms with Crippen molar-refractivity contribution in [3.63, 3.8) is 0 Å². The van der Waals surface area contributed by atoms with Gasteiger partial charge in [0.05, 0.1) is 18.0 Å². The van der Waals surface area contributed by atoms with Gasteiger partial charge in [0.25, 0.3) is 5.56 Å². The highest BCUT2D eigenvalue weighted by Gasteiger charge is 2.18. The summed E-state index contributed by atoms with van der Waals surface area (Å²) in [6.45, 7) is 6.96. The SMILES string of the molecule is CCCn1c(CC(C)C)c(N)c(=O)n1CCS(C)(=O)=O. The van der Waals surface area contributed by atoms with Gasteiger partial charge in [0.15, 0.2) is 0 Å². The molecule has 1 rings (SSSR count). The third-order valence-corrected chi connectivity index (χ3v) is 4.01. The lowest BCUT2D eigenvalue weighted by atomic mass is 10.1. The molecule has 0 aromatic carbocycles. The summed E-state index contributed by atoms with van der Waals surface area (Å²) in [5, 5.41) is 0. The maximum atomic E-state index is 12.2. The predicted molar refractivity (Wildman–Crippen MR) is 81.6 cm³/mol. The largest absolute Gasteiger partial charge is 0.393 e. The van der Waals surface area contributed by atoms with E-state index in [2.05, 4.69) is 13.8 Å². The van der Waals surface area contributed by atoms with Crippen LogP contribution in [0.5, 0.6) is 0 Å². The van der Waals surface area contributed by atoms with Crippen LogP contribution in [0.1, 0.15) is 32.9 Å². The third-order valence-electron chi connectivity index (χ3n) is 3.09. The second-order valence-electron chi connectivity index (χ2n) is 5.64. The normalized spacial score (nSPS) is 12.2. The molecule has 20 heavy (non-hydrogen) atoms. The molecule has 0 amide bonds. The van der Waals surface area contributed by atoms with Crippen LogP contribution in [0.4, 0.5) is 5.69 Å². The second-order valence-corrected chi connectivity index (χ2v) is 7.90. The first-order valence-corrected chi connectivity index (χ1v) is 8.99. The number of hydrogen-bond donors (Lipinski definition) is 1. The topological polar surface area (TPSA) is 87.1 Å². The van der Waals surface area contributed by atoms with Gasteiger partial charge >= 0.3 is 0 Å². The van der Waals surface area contributed by atoms with Crippen molar-refractivity contribution in [2.45, 2.75) is 46.7 Å². The van der Waals surface area contributed by atoms with Crippen molar-refractivity contribution in [3.05, 3.63) is 16.0 Å². The van der Waals surface area contributed by atoms with Crippen molar-refractivity contribution in [2.75, 3.05) is 17.7 Å². The monoisotopic (exact) mass is 303 g/mol. The first-order chi connectivity index (χ1) is 9.17. The molecular formula is C13H25N3O3S. The Hall–Kier alpha value is -1.24. The molecule has 0 fully saturated rings. The first kappa shape index (κ1) is 16.8. The summed E-state index contributed by atoms with van der Waals surface area (Å²) in [7, 11) is -3.11. The van der Waals surface area contributed by atoms with Gasteiger partial charge in [0.1, 0.15) is 15.5 Å². The van der Waals surface area contributed by atoms with Gasteiger partial charge in [-0.1, -0.05) is 20.8 Å². The van der Waals surface area contributed by atoms with Crippen molar-refractivity contribution in [1.82, 2.24) is 9.36 Å². The van der Waals surface area contributed by atoms with Crippen molar-refractivity contribution >= 4 is 15.5 Å². The summed E-state index contributed by atoms with van der Waals surface area (Å²) >= 11 is 0. The number of hydrogen-bond acceptors (Lipinski definition) is 4. The Labute approximate surface area is 120 Å². The molecule has 0 bridgehead atoms. The molecule has 0 aliphatic heterocycles. The van der Waals surface area contributed by atoms with Crippen LogP contribution in [0.25, 0.3) is 0 Å². The van der Waals surface area contributed by atoms with Crippen LogP contribution in [-0.2, 0) is 29.3 Å². The van der Waals surface area contributed by atoms with E-state index >= 15 is 0 Å². The van der Waals surface area contributed by atoms with Crippen molar-refractivity contribution in [1.29, 1.82) is 0 Å². The Balaban J connectivity index is 3.24. The molecule has 1 aromatic rings. The molecule has 0 saturated carbocycles. The highest BCUT2D eigenvalue weighted by molar-refractivity contribution is 7.90. The van der Waals surface area contributed by atoms with Gasteiger partial charge in [-0.3, -0.25) is 9.48 Å². The Kier molecular flexibility index (Phi) is 5.44. The molecule has 0 unspecified atom stereocenters. The van der Waals surface area contributed by atoms with Crippen LogP contribution in [0.2, 0.25) is 0 Å². The summed E-state index contributed by atoms with van der Waals surface area (Å²) in [6.07, 6.45) is 2.74. The molecule has 1 heterocycles. The molecule has 2 N–H and O–H groups in total. The van der Waals surface area contributed by atoms with Gasteiger partial charge in [-0.15, -0.1) is 0 Å². The van der Waals surface area contributed by atoms with E-state index in [1.807, 2.05) is 11.6 Å². The van der Waals surface area contributed by atoms with Crippen molar-refractivity contribution < 1.29 is 8.42 Å². The van der Waals surface area contributed by atoms with Crippen LogP contribution in [-0.4, -0.2) is 29.8 Å². The van der Waals surface area contributed by atoms with Gasteiger partial charge in [0.2, 0.25) is 0 Å². The van der Waals surface area contributed by atoms with E-state index in [-0.39, 0.29) is 23.5 Å². The van der Waals surface area contributed by atoms with Crippen molar-refractivity contribution in [2.24, 2.45) is 5.92 Å². The zero-order chi connectivity index (χ0) is 15.5. The number of nitrogens with zero attached hydrogens (tertiary/aromatic N) is 2. The standard InChI is InChI=1S/C13H25N3O3S/c1-5-6-15-11(9-10(2)3)12(14)13(17)16(15)7-8-20(4,18)19/h10H,5-9,14H2,1-4H3. The fourth-order valence-electron chi connectivity index (χ4n) is 2.20. The molecule has 0 atom stereocenters. The fraction of sp³-hybridized carbons (Fsp3) is 0.769. The maximum absolute atomic E-state index is 12.2. The summed E-state index contributed by atoms with van der Waals surface area (Å²) in [4.78, 5) is 12.2. The number of nitrogen functional groups attached to an aromatic ring is 1. The van der Waals surface area contributed by atoms with Crippen molar-refractivity contribution in [3.8, 4) is 0 Å². The van der Waals surface area contributed by atoms with Crippen LogP contribution in [0.15, 0.2) is 4.79 Å². The Morgan fingerprint density at radius 2 is 1.80 bits per heavy atom. The molecule has 0 radical (unpaired) electrons. The highest BCUT2D eigenvalue weighted by Crippen LogP contribution is 2.15. The molecule has 1 aromatic heterocycles. The smallest absolute Gasteiger partial charge is 0.290 e. The summed E-state index contributed by atoms with van der Waals surface area (Å²) in [5.41, 5.74) is 6.71. The van der Waals surface area contributed by atoms with Crippen LogP contribution in [0, 0.1) is 5.92 Å². The zero-order valence-corrected chi connectivity index (χ0v) is 13.5. The fourth-order valence-corrected chi connectivity index (χ4v) is 2.71. The lowest BCUT2D eigenvalue weighted by molar-refractivity contribution is 0.430. The third kappa shape index (κ3) is 4.13. The molecular weight excluding hydrogens is 278 g/mol. The van der Waals surface area contributed by atoms with E-state index in [4.69, 9.17) is 5.73 Å². The number of nitrogens with two attached hydrogens (primary N) is 1. The molecule has 0 spiro atoms. The number of rotatable bonds is 7. The van der Waals surface area contributed by atoms with Gasteiger partial charge in [-0.25, -0.2) is 13.1 Å². The van der Waals surface area contributed by atoms with Crippen LogP contribution < -0.4 is 11.3 Å². The van der Waals surface area contributed by atoms with E-state index < -0.39 is 9.84 Å². The molecule has 7 heteroatoms.